The normalized spacial score (nSPS) is 14.3. The molecule has 0 saturated carbocycles. The zero-order valence-electron chi connectivity index (χ0n) is 19.4. The van der Waals surface area contributed by atoms with Gasteiger partial charge in [-0.3, -0.25) is 9.69 Å². The average molecular weight is 551 g/mol. The average Bonchev–Trinajstić information content (AvgIpc) is 3.50. The van der Waals surface area contributed by atoms with E-state index in [9.17, 15) is 9.59 Å². The van der Waals surface area contributed by atoms with Gasteiger partial charge in [-0.1, -0.05) is 65.1 Å². The lowest BCUT2D eigenvalue weighted by Gasteiger charge is -2.21. The fourth-order valence-electron chi connectivity index (χ4n) is 4.03. The maximum atomic E-state index is 13.7. The van der Waals surface area contributed by atoms with Crippen molar-refractivity contribution in [2.24, 2.45) is 0 Å². The van der Waals surface area contributed by atoms with Crippen molar-refractivity contribution in [3.63, 3.8) is 0 Å². The summed E-state index contributed by atoms with van der Waals surface area (Å²) in [6.07, 6.45) is 3.43. The first kappa shape index (κ1) is 24.9. The Hall–Kier alpha value is -3.77. The first-order valence-electron chi connectivity index (χ1n) is 11.1. The van der Waals surface area contributed by atoms with Gasteiger partial charge in [-0.2, -0.15) is 0 Å². The highest BCUT2D eigenvalue weighted by Crippen LogP contribution is 2.38. The van der Waals surface area contributed by atoms with E-state index in [2.05, 4.69) is 0 Å². The molecule has 0 bridgehead atoms. The molecular weight excluding hydrogens is 533 g/mol. The number of rotatable bonds is 5. The number of amides is 1. The molecule has 1 aliphatic heterocycles. The van der Waals surface area contributed by atoms with Crippen LogP contribution < -0.4 is 4.90 Å². The summed E-state index contributed by atoms with van der Waals surface area (Å²) in [4.78, 5) is 27.4. The van der Waals surface area contributed by atoms with Crippen LogP contribution in [0.2, 0.25) is 15.1 Å². The number of anilines is 1. The SMILES string of the molecule is COC(=O)c1cc(N2C(=O)/C(=C/c3ccc(-c4cc(Cl)ccc4Cl)o3)C=C2c2ccccc2)ccc1Cl. The summed E-state index contributed by atoms with van der Waals surface area (Å²) in [7, 11) is 1.27. The third kappa shape index (κ3) is 4.94. The number of methoxy groups -OCH3 is 1. The van der Waals surface area contributed by atoms with Gasteiger partial charge < -0.3 is 9.15 Å². The van der Waals surface area contributed by atoms with Crippen LogP contribution in [-0.4, -0.2) is 19.0 Å². The van der Waals surface area contributed by atoms with Gasteiger partial charge in [0.25, 0.3) is 5.91 Å². The van der Waals surface area contributed by atoms with Crippen molar-refractivity contribution in [1.29, 1.82) is 0 Å². The molecule has 1 amide bonds. The van der Waals surface area contributed by atoms with Crippen LogP contribution in [0.4, 0.5) is 5.69 Å². The lowest BCUT2D eigenvalue weighted by Crippen LogP contribution is -2.25. The molecule has 5 rings (SSSR count). The van der Waals surface area contributed by atoms with E-state index in [1.54, 1.807) is 54.6 Å². The highest BCUT2D eigenvalue weighted by Gasteiger charge is 2.31. The molecule has 4 aromatic rings. The van der Waals surface area contributed by atoms with E-state index >= 15 is 0 Å². The van der Waals surface area contributed by atoms with E-state index in [0.29, 0.717) is 44.1 Å². The number of carbonyl (C=O) groups excluding carboxylic acids is 2. The van der Waals surface area contributed by atoms with Crippen molar-refractivity contribution in [3.05, 3.63) is 122 Å². The molecule has 184 valence electrons. The van der Waals surface area contributed by atoms with E-state index in [1.807, 2.05) is 30.3 Å². The fourth-order valence-corrected chi connectivity index (χ4v) is 4.60. The molecule has 0 saturated heterocycles. The molecule has 0 fully saturated rings. The molecule has 3 aromatic carbocycles. The highest BCUT2D eigenvalue weighted by atomic mass is 35.5. The number of hydrogen-bond acceptors (Lipinski definition) is 4. The topological polar surface area (TPSA) is 59.8 Å². The number of hydrogen-bond donors (Lipinski definition) is 0. The minimum absolute atomic E-state index is 0.161. The number of nitrogens with zero attached hydrogens (tertiary/aromatic N) is 1. The zero-order chi connectivity index (χ0) is 26.1. The number of ether oxygens (including phenoxy) is 1. The number of benzene rings is 3. The van der Waals surface area contributed by atoms with Gasteiger partial charge in [-0.25, -0.2) is 4.79 Å². The number of esters is 1. The van der Waals surface area contributed by atoms with Crippen LogP contribution in [-0.2, 0) is 9.53 Å². The number of halogens is 3. The van der Waals surface area contributed by atoms with Crippen molar-refractivity contribution in [3.8, 4) is 11.3 Å². The molecule has 37 heavy (non-hydrogen) atoms. The first-order valence-corrected chi connectivity index (χ1v) is 12.3. The van der Waals surface area contributed by atoms with E-state index in [0.717, 1.165) is 5.56 Å². The molecule has 0 radical (unpaired) electrons. The molecule has 5 nitrogen and oxygen atoms in total. The lowest BCUT2D eigenvalue weighted by molar-refractivity contribution is -0.113. The van der Waals surface area contributed by atoms with Crippen LogP contribution in [0, 0.1) is 0 Å². The van der Waals surface area contributed by atoms with Gasteiger partial charge >= 0.3 is 5.97 Å². The maximum absolute atomic E-state index is 13.7. The lowest BCUT2D eigenvalue weighted by atomic mass is 10.1. The molecule has 0 atom stereocenters. The zero-order valence-corrected chi connectivity index (χ0v) is 21.6. The standard InChI is InChI=1S/C29H18Cl3NO4/c1-36-29(35)23-16-20(8-11-25(23)32)33-26(17-5-3-2-4-6-17)14-18(28(33)34)13-21-9-12-27(37-21)22-15-19(30)7-10-24(22)31/h2-16H,1H3/b18-13+. The van der Waals surface area contributed by atoms with Crippen LogP contribution in [0.15, 0.2) is 94.9 Å². The third-order valence-corrected chi connectivity index (χ3v) is 6.68. The van der Waals surface area contributed by atoms with Gasteiger partial charge in [0.1, 0.15) is 11.5 Å². The van der Waals surface area contributed by atoms with Crippen LogP contribution in [0.25, 0.3) is 23.1 Å². The molecule has 1 aliphatic rings. The predicted octanol–water partition coefficient (Wildman–Crippen LogP) is 8.16. The Kier molecular flexibility index (Phi) is 6.94. The van der Waals surface area contributed by atoms with Gasteiger partial charge in [0.05, 0.1) is 34.1 Å². The quantitative estimate of drug-likeness (QED) is 0.186. The molecule has 0 unspecified atom stereocenters. The molecular formula is C29H18Cl3NO4. The highest BCUT2D eigenvalue weighted by molar-refractivity contribution is 6.35. The summed E-state index contributed by atoms with van der Waals surface area (Å²) in [5, 5.41) is 1.25. The van der Waals surface area contributed by atoms with Crippen LogP contribution in [0.5, 0.6) is 0 Å². The van der Waals surface area contributed by atoms with Gasteiger partial charge in [-0.05, 0) is 66.2 Å². The maximum Gasteiger partial charge on any atom is 0.339 e. The molecule has 0 aliphatic carbocycles. The van der Waals surface area contributed by atoms with Gasteiger partial charge in [0, 0.05) is 16.2 Å². The first-order chi connectivity index (χ1) is 17.9. The van der Waals surface area contributed by atoms with E-state index in [-0.39, 0.29) is 16.5 Å². The second-order valence-electron chi connectivity index (χ2n) is 8.12. The summed E-state index contributed by atoms with van der Waals surface area (Å²) in [6, 6.07) is 22.9. The van der Waals surface area contributed by atoms with Crippen molar-refractivity contribution < 1.29 is 18.7 Å². The van der Waals surface area contributed by atoms with Crippen LogP contribution in [0.3, 0.4) is 0 Å². The Morgan fingerprint density at radius 3 is 2.43 bits per heavy atom. The van der Waals surface area contributed by atoms with Crippen molar-refractivity contribution >= 4 is 64.1 Å². The Morgan fingerprint density at radius 2 is 1.68 bits per heavy atom. The van der Waals surface area contributed by atoms with Crippen molar-refractivity contribution in [2.45, 2.75) is 0 Å². The Bertz CT molecular complexity index is 1590. The fraction of sp³-hybridized carbons (Fsp3) is 0.0345. The largest absolute Gasteiger partial charge is 0.465 e. The minimum atomic E-state index is -0.595. The molecule has 2 heterocycles. The molecule has 8 heteroatoms. The summed E-state index contributed by atoms with van der Waals surface area (Å²) in [6.45, 7) is 0. The van der Waals surface area contributed by atoms with Gasteiger partial charge in [0.2, 0.25) is 0 Å². The smallest absolute Gasteiger partial charge is 0.339 e. The monoisotopic (exact) mass is 549 g/mol. The summed E-state index contributed by atoms with van der Waals surface area (Å²) < 4.78 is 10.8. The van der Waals surface area contributed by atoms with E-state index in [1.165, 1.54) is 18.1 Å². The van der Waals surface area contributed by atoms with Gasteiger partial charge in [0.15, 0.2) is 0 Å². The molecule has 0 N–H and O–H groups in total. The van der Waals surface area contributed by atoms with E-state index in [4.69, 9.17) is 44.0 Å². The Morgan fingerprint density at radius 1 is 0.919 bits per heavy atom. The Balaban J connectivity index is 1.57. The number of furan rings is 1. The summed E-state index contributed by atoms with van der Waals surface area (Å²) in [5.74, 6) is 0.0959. The summed E-state index contributed by atoms with van der Waals surface area (Å²) in [5.41, 5.74) is 3.13. The minimum Gasteiger partial charge on any atom is -0.465 e. The van der Waals surface area contributed by atoms with Crippen LogP contribution in [0.1, 0.15) is 21.7 Å². The van der Waals surface area contributed by atoms with Gasteiger partial charge in [-0.15, -0.1) is 0 Å². The van der Waals surface area contributed by atoms with Crippen LogP contribution >= 0.6 is 34.8 Å². The second kappa shape index (κ2) is 10.3. The second-order valence-corrected chi connectivity index (χ2v) is 9.37. The summed E-state index contributed by atoms with van der Waals surface area (Å²) >= 11 is 18.7. The predicted molar refractivity (Wildman–Crippen MR) is 147 cm³/mol. The number of carbonyl (C=O) groups is 2. The molecule has 0 spiro atoms. The molecule has 1 aromatic heterocycles. The van der Waals surface area contributed by atoms with E-state index < -0.39 is 5.97 Å². The van der Waals surface area contributed by atoms with Crippen molar-refractivity contribution in [2.75, 3.05) is 12.0 Å². The third-order valence-electron chi connectivity index (χ3n) is 5.78. The Labute approximate surface area is 228 Å². The van der Waals surface area contributed by atoms with Crippen molar-refractivity contribution in [1.82, 2.24) is 0 Å².